The van der Waals surface area contributed by atoms with Crippen molar-refractivity contribution >= 4 is 27.5 Å². The standard InChI is InChI=1S/C16H16BrNO/c1-2-13-5-3-4-6-15(13)18-16(19)14-9-7-12(11-17)8-10-14/h3-10H,2,11H2,1H3,(H,18,19). The maximum Gasteiger partial charge on any atom is 0.255 e. The molecule has 2 aromatic rings. The van der Waals surface area contributed by atoms with Crippen molar-refractivity contribution < 1.29 is 4.79 Å². The summed E-state index contributed by atoms with van der Waals surface area (Å²) in [6, 6.07) is 15.5. The number of aryl methyl sites for hydroxylation is 1. The average Bonchev–Trinajstić information content (AvgIpc) is 2.48. The molecule has 2 rings (SSSR count). The fourth-order valence-electron chi connectivity index (χ4n) is 1.89. The summed E-state index contributed by atoms with van der Waals surface area (Å²) >= 11 is 3.39. The first kappa shape index (κ1) is 13.8. The largest absolute Gasteiger partial charge is 0.322 e. The monoisotopic (exact) mass is 317 g/mol. The zero-order chi connectivity index (χ0) is 13.7. The van der Waals surface area contributed by atoms with Crippen molar-refractivity contribution in [2.24, 2.45) is 0 Å². The van der Waals surface area contributed by atoms with Gasteiger partial charge in [-0.1, -0.05) is 53.2 Å². The lowest BCUT2D eigenvalue weighted by Gasteiger charge is -2.09. The van der Waals surface area contributed by atoms with Crippen molar-refractivity contribution in [1.29, 1.82) is 0 Å². The molecule has 0 saturated heterocycles. The van der Waals surface area contributed by atoms with Gasteiger partial charge in [0, 0.05) is 16.6 Å². The molecule has 0 atom stereocenters. The van der Waals surface area contributed by atoms with Crippen LogP contribution in [-0.4, -0.2) is 5.91 Å². The van der Waals surface area contributed by atoms with Crippen LogP contribution in [0.2, 0.25) is 0 Å². The lowest BCUT2D eigenvalue weighted by atomic mass is 10.1. The number of nitrogens with one attached hydrogen (secondary N) is 1. The Bertz CT molecular complexity index is 563. The Kier molecular flexibility index (Phi) is 4.74. The summed E-state index contributed by atoms with van der Waals surface area (Å²) in [5.74, 6) is -0.0676. The highest BCUT2D eigenvalue weighted by atomic mass is 79.9. The van der Waals surface area contributed by atoms with Gasteiger partial charge < -0.3 is 5.32 Å². The maximum absolute atomic E-state index is 12.2. The van der Waals surface area contributed by atoms with Gasteiger partial charge in [0.2, 0.25) is 0 Å². The van der Waals surface area contributed by atoms with Crippen LogP contribution in [0.15, 0.2) is 48.5 Å². The molecule has 0 unspecified atom stereocenters. The number of para-hydroxylation sites is 1. The van der Waals surface area contributed by atoms with E-state index in [4.69, 9.17) is 0 Å². The van der Waals surface area contributed by atoms with Crippen LogP contribution >= 0.6 is 15.9 Å². The summed E-state index contributed by atoms with van der Waals surface area (Å²) in [4.78, 5) is 12.2. The van der Waals surface area contributed by atoms with Crippen LogP contribution in [0.3, 0.4) is 0 Å². The highest BCUT2D eigenvalue weighted by molar-refractivity contribution is 9.08. The summed E-state index contributed by atoms with van der Waals surface area (Å²) in [6.07, 6.45) is 0.902. The molecule has 1 amide bonds. The van der Waals surface area contributed by atoms with Crippen LogP contribution in [0.4, 0.5) is 5.69 Å². The van der Waals surface area contributed by atoms with E-state index in [9.17, 15) is 4.79 Å². The van der Waals surface area contributed by atoms with Crippen LogP contribution in [0.25, 0.3) is 0 Å². The first-order chi connectivity index (χ1) is 9.24. The number of rotatable bonds is 4. The Labute approximate surface area is 122 Å². The number of benzene rings is 2. The highest BCUT2D eigenvalue weighted by Gasteiger charge is 2.07. The fraction of sp³-hybridized carbons (Fsp3) is 0.188. The zero-order valence-electron chi connectivity index (χ0n) is 10.8. The predicted octanol–water partition coefficient (Wildman–Crippen LogP) is 4.40. The van der Waals surface area contributed by atoms with E-state index in [-0.39, 0.29) is 5.91 Å². The molecule has 0 aliphatic rings. The summed E-state index contributed by atoms with van der Waals surface area (Å²) in [5.41, 5.74) is 3.87. The minimum atomic E-state index is -0.0676. The third-order valence-electron chi connectivity index (χ3n) is 3.02. The molecule has 2 aromatic carbocycles. The third kappa shape index (κ3) is 3.44. The number of anilines is 1. The van der Waals surface area contributed by atoms with Gasteiger partial charge >= 0.3 is 0 Å². The SMILES string of the molecule is CCc1ccccc1NC(=O)c1ccc(CBr)cc1. The van der Waals surface area contributed by atoms with Crippen LogP contribution in [-0.2, 0) is 11.8 Å². The van der Waals surface area contributed by atoms with Gasteiger partial charge in [0.15, 0.2) is 0 Å². The van der Waals surface area contributed by atoms with Gasteiger partial charge in [-0.15, -0.1) is 0 Å². The molecule has 0 aliphatic heterocycles. The minimum absolute atomic E-state index is 0.0676. The Morgan fingerprint density at radius 2 is 1.79 bits per heavy atom. The van der Waals surface area contributed by atoms with Gasteiger partial charge in [0.25, 0.3) is 5.91 Å². The zero-order valence-corrected chi connectivity index (χ0v) is 12.4. The molecule has 1 N–H and O–H groups in total. The summed E-state index contributed by atoms with van der Waals surface area (Å²) in [5, 5.41) is 3.76. The molecule has 2 nitrogen and oxygen atoms in total. The second-order valence-corrected chi connectivity index (χ2v) is 4.86. The molecule has 0 heterocycles. The van der Waals surface area contributed by atoms with Crippen molar-refractivity contribution in [3.8, 4) is 0 Å². The van der Waals surface area contributed by atoms with Gasteiger partial charge in [-0.2, -0.15) is 0 Å². The van der Waals surface area contributed by atoms with Gasteiger partial charge in [-0.05, 0) is 35.7 Å². The molecule has 0 spiro atoms. The lowest BCUT2D eigenvalue weighted by Crippen LogP contribution is -2.13. The number of alkyl halides is 1. The summed E-state index contributed by atoms with van der Waals surface area (Å²) < 4.78 is 0. The molecule has 98 valence electrons. The minimum Gasteiger partial charge on any atom is -0.322 e. The van der Waals surface area contributed by atoms with Crippen molar-refractivity contribution in [3.05, 3.63) is 65.2 Å². The number of hydrogen-bond donors (Lipinski definition) is 1. The molecular weight excluding hydrogens is 302 g/mol. The predicted molar refractivity (Wildman–Crippen MR) is 82.8 cm³/mol. The second-order valence-electron chi connectivity index (χ2n) is 4.30. The van der Waals surface area contributed by atoms with Crippen LogP contribution in [0.5, 0.6) is 0 Å². The number of carbonyl (C=O) groups is 1. The van der Waals surface area contributed by atoms with Crippen LogP contribution < -0.4 is 5.32 Å². The maximum atomic E-state index is 12.2. The van der Waals surface area contributed by atoms with Gasteiger partial charge in [-0.3, -0.25) is 4.79 Å². The Balaban J connectivity index is 2.16. The highest BCUT2D eigenvalue weighted by Crippen LogP contribution is 2.17. The third-order valence-corrected chi connectivity index (χ3v) is 3.66. The Morgan fingerprint density at radius 1 is 1.11 bits per heavy atom. The van der Waals surface area contributed by atoms with Crippen molar-refractivity contribution in [3.63, 3.8) is 0 Å². The molecule has 0 bridgehead atoms. The molecule has 0 fully saturated rings. The smallest absolute Gasteiger partial charge is 0.255 e. The van der Waals surface area contributed by atoms with E-state index in [0.29, 0.717) is 5.56 Å². The van der Waals surface area contributed by atoms with E-state index in [1.165, 1.54) is 0 Å². The molecular formula is C16H16BrNO. The summed E-state index contributed by atoms with van der Waals surface area (Å²) in [7, 11) is 0. The number of carbonyl (C=O) groups excluding carboxylic acids is 1. The number of hydrogen-bond acceptors (Lipinski definition) is 1. The van der Waals surface area contributed by atoms with Crippen LogP contribution in [0.1, 0.15) is 28.4 Å². The Hall–Kier alpha value is -1.61. The number of halogens is 1. The quantitative estimate of drug-likeness (QED) is 0.832. The molecule has 19 heavy (non-hydrogen) atoms. The molecule has 3 heteroatoms. The second kappa shape index (κ2) is 6.53. The first-order valence-electron chi connectivity index (χ1n) is 6.28. The first-order valence-corrected chi connectivity index (χ1v) is 7.41. The van der Waals surface area contributed by atoms with E-state index in [1.807, 2.05) is 48.5 Å². The van der Waals surface area contributed by atoms with E-state index in [1.54, 1.807) is 0 Å². The van der Waals surface area contributed by atoms with Gasteiger partial charge in [0.05, 0.1) is 0 Å². The van der Waals surface area contributed by atoms with Crippen molar-refractivity contribution in [1.82, 2.24) is 0 Å². The van der Waals surface area contributed by atoms with E-state index in [0.717, 1.165) is 28.6 Å². The molecule has 0 aliphatic carbocycles. The Morgan fingerprint density at radius 3 is 2.42 bits per heavy atom. The van der Waals surface area contributed by atoms with E-state index < -0.39 is 0 Å². The van der Waals surface area contributed by atoms with Crippen molar-refractivity contribution in [2.45, 2.75) is 18.7 Å². The topological polar surface area (TPSA) is 29.1 Å². The molecule has 0 radical (unpaired) electrons. The fourth-order valence-corrected chi connectivity index (χ4v) is 2.26. The van der Waals surface area contributed by atoms with Crippen molar-refractivity contribution in [2.75, 3.05) is 5.32 Å². The van der Waals surface area contributed by atoms with E-state index >= 15 is 0 Å². The molecule has 0 saturated carbocycles. The lowest BCUT2D eigenvalue weighted by molar-refractivity contribution is 0.102. The normalized spacial score (nSPS) is 10.2. The molecule has 0 aromatic heterocycles. The van der Waals surface area contributed by atoms with Crippen LogP contribution in [0, 0.1) is 0 Å². The van der Waals surface area contributed by atoms with Gasteiger partial charge in [-0.25, -0.2) is 0 Å². The number of amides is 1. The van der Waals surface area contributed by atoms with E-state index in [2.05, 4.69) is 28.2 Å². The summed E-state index contributed by atoms with van der Waals surface area (Å²) in [6.45, 7) is 2.08. The average molecular weight is 318 g/mol. The van der Waals surface area contributed by atoms with Gasteiger partial charge in [0.1, 0.15) is 0 Å².